The van der Waals surface area contributed by atoms with Crippen LogP contribution in [0.25, 0.3) is 22.4 Å². The fourth-order valence-electron chi connectivity index (χ4n) is 4.08. The van der Waals surface area contributed by atoms with E-state index in [1.807, 2.05) is 42.5 Å². The summed E-state index contributed by atoms with van der Waals surface area (Å²) in [7, 11) is 0. The van der Waals surface area contributed by atoms with E-state index in [4.69, 9.17) is 23.2 Å². The Labute approximate surface area is 239 Å². The number of carbonyl (C=O) groups is 2. The highest BCUT2D eigenvalue weighted by Crippen LogP contribution is 2.29. The minimum Gasteiger partial charge on any atom is -0.349 e. The zero-order valence-electron chi connectivity index (χ0n) is 21.3. The number of amides is 3. The van der Waals surface area contributed by atoms with Gasteiger partial charge in [-0.1, -0.05) is 53.5 Å². The summed E-state index contributed by atoms with van der Waals surface area (Å²) in [6, 6.07) is 15.9. The van der Waals surface area contributed by atoms with Gasteiger partial charge in [0.15, 0.2) is 0 Å². The second-order valence-electron chi connectivity index (χ2n) is 9.26. The Balaban J connectivity index is 1.43. The summed E-state index contributed by atoms with van der Waals surface area (Å²) in [4.78, 5) is 38.3. The van der Waals surface area contributed by atoms with E-state index in [0.29, 0.717) is 21.6 Å². The summed E-state index contributed by atoms with van der Waals surface area (Å²) in [6.45, 7) is 2.04. The Morgan fingerprint density at radius 3 is 2.33 bits per heavy atom. The fraction of sp³-hybridized carbons (Fsp3) is 0.179. The van der Waals surface area contributed by atoms with Gasteiger partial charge in [0.1, 0.15) is 15.7 Å². The molecule has 2 heterocycles. The molecule has 40 heavy (non-hydrogen) atoms. The van der Waals surface area contributed by atoms with E-state index in [-0.39, 0.29) is 39.9 Å². The molecule has 5 rings (SSSR count). The first-order chi connectivity index (χ1) is 19.2. The first-order valence-corrected chi connectivity index (χ1v) is 13.3. The number of aryl methyl sites for hydroxylation is 1. The quantitative estimate of drug-likeness (QED) is 0.181. The zero-order valence-corrected chi connectivity index (χ0v) is 22.8. The number of pyridine rings is 1. The molecule has 0 aliphatic heterocycles. The van der Waals surface area contributed by atoms with Crippen LogP contribution in [-0.2, 0) is 6.54 Å². The van der Waals surface area contributed by atoms with E-state index in [9.17, 15) is 19.6 Å². The third kappa shape index (κ3) is 6.08. The van der Waals surface area contributed by atoms with Crippen LogP contribution in [0.15, 0.2) is 71.8 Å². The second kappa shape index (κ2) is 11.4. The van der Waals surface area contributed by atoms with E-state index in [0.717, 1.165) is 36.4 Å². The van der Waals surface area contributed by atoms with E-state index < -0.39 is 11.6 Å². The van der Waals surface area contributed by atoms with Crippen LogP contribution in [0.4, 0.5) is 16.2 Å². The largest absolute Gasteiger partial charge is 0.349 e. The molecule has 10 nitrogen and oxygen atoms in total. The highest BCUT2D eigenvalue weighted by Gasteiger charge is 2.24. The number of benzene rings is 2. The van der Waals surface area contributed by atoms with Crippen molar-refractivity contribution in [1.29, 1.82) is 0 Å². The number of halogens is 2. The van der Waals surface area contributed by atoms with Crippen molar-refractivity contribution < 1.29 is 19.5 Å². The van der Waals surface area contributed by atoms with E-state index in [2.05, 4.69) is 21.0 Å². The molecule has 2 aromatic heterocycles. The molecule has 0 atom stereocenters. The van der Waals surface area contributed by atoms with Crippen molar-refractivity contribution in [3.8, 4) is 22.4 Å². The molecule has 0 bridgehead atoms. The molecule has 4 N–H and O–H groups in total. The summed E-state index contributed by atoms with van der Waals surface area (Å²) >= 11 is 12.2. The number of nitrogens with zero attached hydrogens (tertiary/aromatic N) is 3. The van der Waals surface area contributed by atoms with Gasteiger partial charge in [-0.15, -0.1) is 0 Å². The number of hydrogen-bond acceptors (Lipinski definition) is 5. The highest BCUT2D eigenvalue weighted by atomic mass is 35.5. The molecule has 12 heteroatoms. The van der Waals surface area contributed by atoms with Crippen LogP contribution in [0.2, 0.25) is 10.0 Å². The molecule has 2 aromatic carbocycles. The molecule has 1 saturated carbocycles. The Morgan fingerprint density at radius 1 is 1.00 bits per heavy atom. The van der Waals surface area contributed by atoms with Crippen molar-refractivity contribution in [2.45, 2.75) is 32.4 Å². The minimum absolute atomic E-state index is 0.00237. The summed E-state index contributed by atoms with van der Waals surface area (Å²) in [6.07, 6.45) is 4.33. The van der Waals surface area contributed by atoms with Crippen molar-refractivity contribution in [2.24, 2.45) is 0 Å². The number of hydrogen-bond donors (Lipinski definition) is 4. The molecular weight excluding hydrogens is 555 g/mol. The molecule has 1 aliphatic carbocycles. The first-order valence-electron chi connectivity index (χ1n) is 12.5. The van der Waals surface area contributed by atoms with Crippen molar-refractivity contribution in [3.63, 3.8) is 0 Å². The van der Waals surface area contributed by atoms with Crippen molar-refractivity contribution in [2.75, 3.05) is 10.6 Å². The zero-order chi connectivity index (χ0) is 28.4. The number of anilines is 2. The van der Waals surface area contributed by atoms with Gasteiger partial charge >= 0.3 is 6.03 Å². The number of urea groups is 1. The Morgan fingerprint density at radius 2 is 1.65 bits per heavy atom. The van der Waals surface area contributed by atoms with Gasteiger partial charge in [-0.05, 0) is 55.2 Å². The van der Waals surface area contributed by atoms with Crippen LogP contribution in [-0.4, -0.2) is 33.0 Å². The summed E-state index contributed by atoms with van der Waals surface area (Å²) in [5.41, 5.74) is 3.02. The fourth-order valence-corrected chi connectivity index (χ4v) is 4.63. The van der Waals surface area contributed by atoms with Crippen LogP contribution < -0.4 is 26.2 Å². The molecule has 0 saturated heterocycles. The number of carbonyl (C=O) groups excluding carboxylic acids is 2. The predicted molar refractivity (Wildman–Crippen MR) is 152 cm³/mol. The molecule has 0 radical (unpaired) electrons. The normalized spacial score (nSPS) is 12.6. The van der Waals surface area contributed by atoms with Gasteiger partial charge < -0.3 is 16.0 Å². The van der Waals surface area contributed by atoms with Crippen molar-refractivity contribution >= 4 is 46.5 Å². The summed E-state index contributed by atoms with van der Waals surface area (Å²) in [5, 5.41) is 22.0. The lowest BCUT2D eigenvalue weighted by Gasteiger charge is -2.13. The maximum atomic E-state index is 13.0. The molecule has 1 aliphatic rings. The topological polar surface area (TPSA) is 129 Å². The van der Waals surface area contributed by atoms with Crippen LogP contribution in [0, 0.1) is 0 Å². The van der Waals surface area contributed by atoms with E-state index >= 15 is 0 Å². The Kier molecular flexibility index (Phi) is 7.72. The summed E-state index contributed by atoms with van der Waals surface area (Å²) in [5.74, 6) is -0.0974. The lowest BCUT2D eigenvalue weighted by atomic mass is 9.99. The van der Waals surface area contributed by atoms with Crippen LogP contribution in [0.1, 0.15) is 30.1 Å². The molecule has 204 valence electrons. The Hall–Kier alpha value is -4.41. The SMILES string of the molecule is CCn1nc(-c2cccc(-c3cccc(C(=O)NC4CC4)c3)c2)cc(NC(=O)Nc2c(Cl)c[n+](O)cc2Cl)c1=O. The molecule has 0 unspecified atom stereocenters. The highest BCUT2D eigenvalue weighted by molar-refractivity contribution is 6.39. The van der Waals surface area contributed by atoms with Gasteiger partial charge in [0.2, 0.25) is 12.4 Å². The third-order valence-corrected chi connectivity index (χ3v) is 6.83. The van der Waals surface area contributed by atoms with Gasteiger partial charge in [-0.2, -0.15) is 5.10 Å². The van der Waals surface area contributed by atoms with Gasteiger partial charge in [0.05, 0.1) is 11.4 Å². The molecule has 4 aromatic rings. The number of rotatable bonds is 7. The number of aromatic nitrogens is 3. The average Bonchev–Trinajstić information content (AvgIpc) is 3.76. The standard InChI is InChI=1S/C28H24Cl2N6O4/c1-2-36-27(38)24(32-28(39)33-25-21(29)14-35(40)15-22(25)30)13-23(34-36)18-7-3-5-16(11-18)17-6-4-8-19(12-17)26(37)31-20-9-10-20/h3-8,11-15,20,40H,2,9-10H2,1H3,(H2,31,32,34,37,39)/p+1. The Bertz CT molecular complexity index is 1660. The van der Waals surface area contributed by atoms with Gasteiger partial charge in [0, 0.05) is 28.4 Å². The predicted octanol–water partition coefficient (Wildman–Crippen LogP) is 4.97. The van der Waals surface area contributed by atoms with E-state index in [1.165, 1.54) is 10.7 Å². The van der Waals surface area contributed by atoms with Crippen LogP contribution in [0.5, 0.6) is 0 Å². The maximum Gasteiger partial charge on any atom is 0.323 e. The lowest BCUT2D eigenvalue weighted by Crippen LogP contribution is -2.31. The first kappa shape index (κ1) is 27.2. The number of nitrogens with one attached hydrogen (secondary N) is 3. The van der Waals surface area contributed by atoms with Gasteiger partial charge in [0.25, 0.3) is 11.5 Å². The molecule has 1 fully saturated rings. The molecule has 0 spiro atoms. The monoisotopic (exact) mass is 579 g/mol. The second-order valence-corrected chi connectivity index (χ2v) is 10.1. The molecular formula is C28H25Cl2N6O4+. The maximum absolute atomic E-state index is 13.0. The molecule has 3 amide bonds. The van der Waals surface area contributed by atoms with Crippen LogP contribution >= 0.6 is 23.2 Å². The lowest BCUT2D eigenvalue weighted by molar-refractivity contribution is -0.904. The van der Waals surface area contributed by atoms with Crippen molar-refractivity contribution in [3.05, 3.63) is 93.0 Å². The van der Waals surface area contributed by atoms with E-state index in [1.54, 1.807) is 13.0 Å². The summed E-state index contributed by atoms with van der Waals surface area (Å²) < 4.78 is 1.91. The van der Waals surface area contributed by atoms with Crippen molar-refractivity contribution in [1.82, 2.24) is 15.1 Å². The van der Waals surface area contributed by atoms with Gasteiger partial charge in [-0.25, -0.2) is 9.48 Å². The third-order valence-electron chi connectivity index (χ3n) is 6.26. The average molecular weight is 580 g/mol. The minimum atomic E-state index is -0.758. The van der Waals surface area contributed by atoms with Gasteiger partial charge in [-0.3, -0.25) is 14.8 Å². The van der Waals surface area contributed by atoms with Crippen LogP contribution in [0.3, 0.4) is 0 Å². The smallest absolute Gasteiger partial charge is 0.323 e.